The highest BCUT2D eigenvalue weighted by Crippen LogP contribution is 2.36. The van der Waals surface area contributed by atoms with E-state index in [0.717, 1.165) is 24.3 Å². The largest absolute Gasteiger partial charge is 0.446 e. The van der Waals surface area contributed by atoms with Gasteiger partial charge in [-0.05, 0) is 36.0 Å². The second-order valence-electron chi connectivity index (χ2n) is 3.77. The van der Waals surface area contributed by atoms with Crippen LogP contribution in [0.25, 0.3) is 0 Å². The van der Waals surface area contributed by atoms with Crippen LogP contribution in [0.2, 0.25) is 0 Å². The van der Waals surface area contributed by atoms with Crippen LogP contribution in [0, 0.1) is 0 Å². The van der Waals surface area contributed by atoms with Gasteiger partial charge in [0.25, 0.3) is 11.8 Å². The summed E-state index contributed by atoms with van der Waals surface area (Å²) in [7, 11) is 0. The third kappa shape index (κ3) is 5.74. The molecule has 0 fully saturated rings. The van der Waals surface area contributed by atoms with E-state index in [4.69, 9.17) is 5.11 Å². The molecule has 0 heterocycles. The van der Waals surface area contributed by atoms with Crippen LogP contribution < -0.4 is 5.32 Å². The maximum absolute atomic E-state index is 12.7. The molecule has 20 heavy (non-hydrogen) atoms. The number of hydrogen-bond acceptors (Lipinski definition) is 3. The topological polar surface area (TPSA) is 49.3 Å². The van der Waals surface area contributed by atoms with Gasteiger partial charge in [-0.25, -0.2) is 8.78 Å². The van der Waals surface area contributed by atoms with E-state index in [1.807, 2.05) is 5.32 Å². The van der Waals surface area contributed by atoms with E-state index in [0.29, 0.717) is 0 Å². The number of aliphatic hydroxyl groups excluding tert-OH is 1. The number of halogens is 5. The second-order valence-corrected chi connectivity index (χ2v) is 4.91. The molecule has 112 valence electrons. The SMILES string of the molecule is O=C(NCC(F)(F)CO)c1ccc(SC(F)(F)F)cc1. The minimum absolute atomic E-state index is 0.0507. The Labute approximate surface area is 115 Å². The number of hydrogen-bond donors (Lipinski definition) is 2. The molecule has 0 radical (unpaired) electrons. The van der Waals surface area contributed by atoms with Crippen LogP contribution in [-0.4, -0.2) is 35.6 Å². The first kappa shape index (κ1) is 16.7. The Balaban J connectivity index is 2.62. The summed E-state index contributed by atoms with van der Waals surface area (Å²) in [6.45, 7) is -2.46. The lowest BCUT2D eigenvalue weighted by Gasteiger charge is -2.14. The predicted molar refractivity (Wildman–Crippen MR) is 62.7 cm³/mol. The third-order valence-corrected chi connectivity index (χ3v) is 2.83. The summed E-state index contributed by atoms with van der Waals surface area (Å²) >= 11 is -0.342. The molecular weight excluding hydrogens is 305 g/mol. The van der Waals surface area contributed by atoms with Crippen molar-refractivity contribution in [3.63, 3.8) is 0 Å². The third-order valence-electron chi connectivity index (χ3n) is 2.09. The zero-order valence-electron chi connectivity index (χ0n) is 9.88. The molecule has 1 amide bonds. The van der Waals surface area contributed by atoms with Crippen LogP contribution in [0.3, 0.4) is 0 Å². The molecule has 2 N–H and O–H groups in total. The minimum atomic E-state index is -4.44. The van der Waals surface area contributed by atoms with Crippen LogP contribution in [-0.2, 0) is 0 Å². The van der Waals surface area contributed by atoms with Crippen molar-refractivity contribution in [2.24, 2.45) is 0 Å². The first-order valence-electron chi connectivity index (χ1n) is 5.26. The van der Waals surface area contributed by atoms with Gasteiger partial charge in [0.05, 0.1) is 6.54 Å². The Morgan fingerprint density at radius 2 is 1.70 bits per heavy atom. The van der Waals surface area contributed by atoms with Crippen LogP contribution in [0.1, 0.15) is 10.4 Å². The molecule has 1 aromatic rings. The zero-order valence-corrected chi connectivity index (χ0v) is 10.7. The van der Waals surface area contributed by atoms with E-state index in [1.165, 1.54) is 0 Å². The summed E-state index contributed by atoms with van der Waals surface area (Å²) < 4.78 is 61.6. The average Bonchev–Trinajstić information content (AvgIpc) is 2.35. The lowest BCUT2D eigenvalue weighted by atomic mass is 10.2. The van der Waals surface area contributed by atoms with Crippen molar-refractivity contribution < 1.29 is 31.9 Å². The molecule has 0 atom stereocenters. The summed E-state index contributed by atoms with van der Waals surface area (Å²) in [6, 6.07) is 4.33. The molecule has 1 rings (SSSR count). The van der Waals surface area contributed by atoms with Crippen LogP contribution in [0.15, 0.2) is 29.2 Å². The van der Waals surface area contributed by atoms with Crippen molar-refractivity contribution in [1.29, 1.82) is 0 Å². The second kappa shape index (κ2) is 6.40. The van der Waals surface area contributed by atoms with E-state index in [1.54, 1.807) is 0 Å². The Morgan fingerprint density at radius 3 is 2.15 bits per heavy atom. The Hall–Kier alpha value is -1.35. The molecule has 0 aromatic heterocycles. The van der Waals surface area contributed by atoms with Crippen LogP contribution in [0.5, 0.6) is 0 Å². The molecular formula is C11H10F5NO2S. The van der Waals surface area contributed by atoms with Crippen molar-refractivity contribution in [1.82, 2.24) is 5.32 Å². The summed E-state index contributed by atoms with van der Waals surface area (Å²) in [5.41, 5.74) is -4.49. The molecule has 0 saturated heterocycles. The molecule has 0 aliphatic rings. The normalized spacial score (nSPS) is 12.3. The van der Waals surface area contributed by atoms with E-state index >= 15 is 0 Å². The van der Waals surface area contributed by atoms with Gasteiger partial charge in [0.1, 0.15) is 6.61 Å². The highest BCUT2D eigenvalue weighted by Gasteiger charge is 2.30. The molecule has 0 bridgehead atoms. The van der Waals surface area contributed by atoms with E-state index < -0.39 is 30.5 Å². The maximum atomic E-state index is 12.7. The number of nitrogens with one attached hydrogen (secondary N) is 1. The quantitative estimate of drug-likeness (QED) is 0.649. The van der Waals surface area contributed by atoms with Crippen molar-refractivity contribution in [3.8, 4) is 0 Å². The zero-order chi connectivity index (χ0) is 15.4. The minimum Gasteiger partial charge on any atom is -0.390 e. The summed E-state index contributed by atoms with van der Waals surface area (Å²) in [5, 5.41) is 10.2. The molecule has 0 saturated carbocycles. The van der Waals surface area contributed by atoms with Gasteiger partial charge in [-0.15, -0.1) is 0 Å². The number of alkyl halides is 5. The highest BCUT2D eigenvalue weighted by molar-refractivity contribution is 8.00. The van der Waals surface area contributed by atoms with Crippen LogP contribution in [0.4, 0.5) is 22.0 Å². The molecule has 0 aliphatic carbocycles. The maximum Gasteiger partial charge on any atom is 0.446 e. The van der Waals surface area contributed by atoms with Gasteiger partial charge >= 0.3 is 5.51 Å². The highest BCUT2D eigenvalue weighted by atomic mass is 32.2. The fraction of sp³-hybridized carbons (Fsp3) is 0.364. The number of amides is 1. The van der Waals surface area contributed by atoms with Crippen molar-refractivity contribution >= 4 is 17.7 Å². The molecule has 9 heteroatoms. The Bertz CT molecular complexity index is 461. The molecule has 1 aromatic carbocycles. The molecule has 0 spiro atoms. The molecule has 0 unspecified atom stereocenters. The fourth-order valence-electron chi connectivity index (χ4n) is 1.18. The smallest absolute Gasteiger partial charge is 0.390 e. The average molecular weight is 315 g/mol. The van der Waals surface area contributed by atoms with Gasteiger partial charge in [-0.1, -0.05) is 0 Å². The number of rotatable bonds is 5. The lowest BCUT2D eigenvalue weighted by Crippen LogP contribution is -2.38. The van der Waals surface area contributed by atoms with Gasteiger partial charge in [-0.3, -0.25) is 4.79 Å². The molecule has 3 nitrogen and oxygen atoms in total. The first-order valence-corrected chi connectivity index (χ1v) is 6.07. The number of thioether (sulfide) groups is 1. The predicted octanol–water partition coefficient (Wildman–Crippen LogP) is 2.66. The lowest BCUT2D eigenvalue weighted by molar-refractivity contribution is -0.0462. The summed E-state index contributed by atoms with van der Waals surface area (Å²) in [6.07, 6.45) is 0. The van der Waals surface area contributed by atoms with Gasteiger partial charge in [0.2, 0.25) is 0 Å². The van der Waals surface area contributed by atoms with Gasteiger partial charge < -0.3 is 10.4 Å². The number of carbonyl (C=O) groups excluding carboxylic acids is 1. The van der Waals surface area contributed by atoms with Crippen molar-refractivity contribution in [2.75, 3.05) is 13.2 Å². The summed E-state index contributed by atoms with van der Waals surface area (Å²) in [5.74, 6) is -4.30. The van der Waals surface area contributed by atoms with Crippen molar-refractivity contribution in [2.45, 2.75) is 16.3 Å². The first-order chi connectivity index (χ1) is 9.13. The van der Waals surface area contributed by atoms with E-state index in [-0.39, 0.29) is 22.2 Å². The van der Waals surface area contributed by atoms with Crippen LogP contribution >= 0.6 is 11.8 Å². The number of carbonyl (C=O) groups is 1. The van der Waals surface area contributed by atoms with Gasteiger partial charge in [0, 0.05) is 10.5 Å². The van der Waals surface area contributed by atoms with E-state index in [9.17, 15) is 26.7 Å². The standard InChI is InChI=1S/C11H10F5NO2S/c12-10(13,6-18)5-17-9(19)7-1-3-8(4-2-7)20-11(14,15)16/h1-4,18H,5-6H2,(H,17,19). The fourth-order valence-corrected chi connectivity index (χ4v) is 1.71. The molecule has 0 aliphatic heterocycles. The van der Waals surface area contributed by atoms with E-state index in [2.05, 4.69) is 0 Å². The monoisotopic (exact) mass is 315 g/mol. The number of aliphatic hydroxyl groups is 1. The number of benzene rings is 1. The van der Waals surface area contributed by atoms with Gasteiger partial charge in [0.15, 0.2) is 0 Å². The Morgan fingerprint density at radius 1 is 1.15 bits per heavy atom. The Kier molecular flexibility index (Phi) is 5.35. The van der Waals surface area contributed by atoms with Gasteiger partial charge in [-0.2, -0.15) is 13.2 Å². The summed E-state index contributed by atoms with van der Waals surface area (Å²) in [4.78, 5) is 11.3. The van der Waals surface area contributed by atoms with Crippen molar-refractivity contribution in [3.05, 3.63) is 29.8 Å².